The van der Waals surface area contributed by atoms with Crippen LogP contribution in [0, 0.1) is 0 Å². The second kappa shape index (κ2) is 6.12. The Morgan fingerprint density at radius 2 is 2.04 bits per heavy atom. The number of hydrogen-bond acceptors (Lipinski definition) is 4. The van der Waals surface area contributed by atoms with E-state index in [1.165, 1.54) is 22.7 Å². The molecular weight excluding hydrogens is 324 g/mol. The summed E-state index contributed by atoms with van der Waals surface area (Å²) in [6, 6.07) is 2.06. The number of nitrogens with one attached hydrogen (secondary N) is 1. The molecule has 0 aromatic carbocycles. The van der Waals surface area contributed by atoms with Crippen molar-refractivity contribution in [3.8, 4) is 0 Å². The molecule has 3 aromatic rings. The van der Waals surface area contributed by atoms with Crippen LogP contribution in [0.3, 0.4) is 0 Å². The standard InChI is InChI=1S/C17H20N4O2S/c1-24-10-20-16(22)13-9-19-15-12(7-8-18-15)14(13)21(17(20)23)11-5-3-2-4-6-11/h7-9,11H,2-6,10H2,1H3,(H,18,19). The molecule has 1 fully saturated rings. The van der Waals surface area contributed by atoms with E-state index in [0.717, 1.165) is 36.6 Å². The van der Waals surface area contributed by atoms with Gasteiger partial charge in [0.1, 0.15) is 5.65 Å². The van der Waals surface area contributed by atoms with Crippen LogP contribution in [0.5, 0.6) is 0 Å². The second-order valence-electron chi connectivity index (χ2n) is 6.36. The third-order valence-corrected chi connectivity index (χ3v) is 5.43. The quantitative estimate of drug-likeness (QED) is 0.793. The van der Waals surface area contributed by atoms with E-state index in [1.807, 2.05) is 16.9 Å². The molecule has 0 aliphatic heterocycles. The number of H-pyrrole nitrogens is 1. The Balaban J connectivity index is 2.14. The molecule has 1 aliphatic rings. The minimum absolute atomic E-state index is 0.156. The molecule has 6 nitrogen and oxygen atoms in total. The Hall–Kier alpha value is -2.02. The van der Waals surface area contributed by atoms with Crippen LogP contribution >= 0.6 is 11.8 Å². The summed E-state index contributed by atoms with van der Waals surface area (Å²) < 4.78 is 3.21. The lowest BCUT2D eigenvalue weighted by Crippen LogP contribution is -2.41. The largest absolute Gasteiger partial charge is 0.346 e. The van der Waals surface area contributed by atoms with Gasteiger partial charge in [0.2, 0.25) is 0 Å². The maximum absolute atomic E-state index is 13.1. The smallest absolute Gasteiger partial charge is 0.332 e. The van der Waals surface area contributed by atoms with Crippen LogP contribution in [-0.4, -0.2) is 25.4 Å². The molecule has 0 spiro atoms. The zero-order chi connectivity index (χ0) is 16.7. The normalized spacial score (nSPS) is 16.2. The zero-order valence-corrected chi connectivity index (χ0v) is 14.4. The summed E-state index contributed by atoms with van der Waals surface area (Å²) in [5.74, 6) is 0.367. The Bertz CT molecular complexity index is 1010. The maximum atomic E-state index is 13.1. The fourth-order valence-corrected chi connectivity index (χ4v) is 4.27. The summed E-state index contributed by atoms with van der Waals surface area (Å²) >= 11 is 1.48. The molecule has 0 saturated heterocycles. The van der Waals surface area contributed by atoms with E-state index in [0.29, 0.717) is 16.9 Å². The number of fused-ring (bicyclic) bond motifs is 3. The van der Waals surface area contributed by atoms with Crippen molar-refractivity contribution in [2.75, 3.05) is 6.26 Å². The molecule has 1 aliphatic carbocycles. The number of pyridine rings is 1. The molecule has 4 rings (SSSR count). The molecule has 3 heterocycles. The first-order valence-electron chi connectivity index (χ1n) is 8.32. The number of nitrogens with zero attached hydrogens (tertiary/aromatic N) is 3. The summed E-state index contributed by atoms with van der Waals surface area (Å²) in [6.45, 7) is 0. The van der Waals surface area contributed by atoms with Crippen LogP contribution in [-0.2, 0) is 5.88 Å². The first kappa shape index (κ1) is 15.5. The van der Waals surface area contributed by atoms with Crippen molar-refractivity contribution in [1.29, 1.82) is 0 Å². The fraction of sp³-hybridized carbons (Fsp3) is 0.471. The van der Waals surface area contributed by atoms with Gasteiger partial charge in [0.25, 0.3) is 5.56 Å². The number of thioether (sulfide) groups is 1. The minimum Gasteiger partial charge on any atom is -0.346 e. The average Bonchev–Trinajstić information content (AvgIpc) is 3.08. The molecule has 0 atom stereocenters. The number of aromatic amines is 1. The van der Waals surface area contributed by atoms with E-state index >= 15 is 0 Å². The SMILES string of the molecule is CSCn1c(=O)c2cnc3[nH]ccc3c2n(C2CCCCC2)c1=O. The summed E-state index contributed by atoms with van der Waals surface area (Å²) in [4.78, 5) is 33.4. The van der Waals surface area contributed by atoms with Gasteiger partial charge in [-0.05, 0) is 25.2 Å². The Labute approximate surface area is 142 Å². The summed E-state index contributed by atoms with van der Waals surface area (Å²) in [6.07, 6.45) is 10.8. The van der Waals surface area contributed by atoms with Gasteiger partial charge in [-0.1, -0.05) is 19.3 Å². The Morgan fingerprint density at radius 3 is 2.79 bits per heavy atom. The molecule has 1 N–H and O–H groups in total. The summed E-state index contributed by atoms with van der Waals surface area (Å²) in [5, 5.41) is 1.38. The van der Waals surface area contributed by atoms with Crippen LogP contribution < -0.4 is 11.2 Å². The highest BCUT2D eigenvalue weighted by Crippen LogP contribution is 2.31. The summed E-state index contributed by atoms with van der Waals surface area (Å²) in [7, 11) is 0. The highest BCUT2D eigenvalue weighted by Gasteiger charge is 2.23. The van der Waals surface area contributed by atoms with E-state index in [9.17, 15) is 9.59 Å². The number of hydrogen-bond donors (Lipinski definition) is 1. The number of rotatable bonds is 3. The molecule has 0 bridgehead atoms. The van der Waals surface area contributed by atoms with Gasteiger partial charge in [0.05, 0.1) is 16.8 Å². The van der Waals surface area contributed by atoms with Crippen LogP contribution in [0.1, 0.15) is 38.1 Å². The van der Waals surface area contributed by atoms with E-state index in [-0.39, 0.29) is 17.3 Å². The molecule has 24 heavy (non-hydrogen) atoms. The third kappa shape index (κ3) is 2.30. The van der Waals surface area contributed by atoms with Crippen molar-refractivity contribution < 1.29 is 0 Å². The van der Waals surface area contributed by atoms with Crippen molar-refractivity contribution in [1.82, 2.24) is 19.1 Å². The van der Waals surface area contributed by atoms with Crippen LogP contribution in [0.15, 0.2) is 28.0 Å². The molecular formula is C17H20N4O2S. The first-order chi connectivity index (χ1) is 11.7. The molecule has 0 amide bonds. The fourth-order valence-electron chi connectivity index (χ4n) is 3.79. The zero-order valence-electron chi connectivity index (χ0n) is 13.6. The summed E-state index contributed by atoms with van der Waals surface area (Å²) in [5.41, 5.74) is 1.02. The van der Waals surface area contributed by atoms with E-state index in [4.69, 9.17) is 0 Å². The second-order valence-corrected chi connectivity index (χ2v) is 7.19. The van der Waals surface area contributed by atoms with Gasteiger partial charge < -0.3 is 4.98 Å². The first-order valence-corrected chi connectivity index (χ1v) is 9.72. The van der Waals surface area contributed by atoms with Crippen molar-refractivity contribution in [3.05, 3.63) is 39.3 Å². The van der Waals surface area contributed by atoms with Crippen molar-refractivity contribution in [3.63, 3.8) is 0 Å². The Kier molecular flexibility index (Phi) is 3.96. The predicted molar refractivity (Wildman–Crippen MR) is 97.8 cm³/mol. The lowest BCUT2D eigenvalue weighted by molar-refractivity contribution is 0.346. The molecule has 0 unspecified atom stereocenters. The van der Waals surface area contributed by atoms with Gasteiger partial charge in [-0.15, -0.1) is 11.8 Å². The lowest BCUT2D eigenvalue weighted by atomic mass is 9.95. The maximum Gasteiger partial charge on any atom is 0.332 e. The monoisotopic (exact) mass is 344 g/mol. The average molecular weight is 344 g/mol. The molecule has 0 radical (unpaired) electrons. The highest BCUT2D eigenvalue weighted by atomic mass is 32.2. The third-order valence-electron chi connectivity index (χ3n) is 4.91. The van der Waals surface area contributed by atoms with E-state index in [1.54, 1.807) is 12.4 Å². The van der Waals surface area contributed by atoms with Gasteiger partial charge in [0, 0.05) is 23.8 Å². The predicted octanol–water partition coefficient (Wildman–Crippen LogP) is 2.87. The van der Waals surface area contributed by atoms with Gasteiger partial charge in [-0.2, -0.15) is 0 Å². The van der Waals surface area contributed by atoms with E-state index < -0.39 is 0 Å². The van der Waals surface area contributed by atoms with Crippen molar-refractivity contribution in [2.24, 2.45) is 0 Å². The van der Waals surface area contributed by atoms with Crippen LogP contribution in [0.25, 0.3) is 21.9 Å². The Morgan fingerprint density at radius 1 is 1.25 bits per heavy atom. The molecule has 7 heteroatoms. The van der Waals surface area contributed by atoms with Gasteiger partial charge >= 0.3 is 5.69 Å². The van der Waals surface area contributed by atoms with Crippen molar-refractivity contribution >= 4 is 33.7 Å². The molecule has 1 saturated carbocycles. The topological polar surface area (TPSA) is 72.7 Å². The van der Waals surface area contributed by atoms with Crippen LogP contribution in [0.4, 0.5) is 0 Å². The van der Waals surface area contributed by atoms with Gasteiger partial charge in [0.15, 0.2) is 0 Å². The van der Waals surface area contributed by atoms with Gasteiger partial charge in [-0.25, -0.2) is 14.3 Å². The highest BCUT2D eigenvalue weighted by molar-refractivity contribution is 7.97. The minimum atomic E-state index is -0.244. The van der Waals surface area contributed by atoms with Crippen molar-refractivity contribution in [2.45, 2.75) is 44.0 Å². The molecule has 3 aromatic heterocycles. The van der Waals surface area contributed by atoms with Crippen LogP contribution in [0.2, 0.25) is 0 Å². The van der Waals surface area contributed by atoms with E-state index in [2.05, 4.69) is 9.97 Å². The number of aromatic nitrogens is 4. The lowest BCUT2D eigenvalue weighted by Gasteiger charge is -2.26. The molecule has 126 valence electrons. The van der Waals surface area contributed by atoms with Gasteiger partial charge in [-0.3, -0.25) is 9.36 Å².